The average molecular weight is 305 g/mol. The van der Waals surface area contributed by atoms with Crippen LogP contribution in [0.2, 0.25) is 0 Å². The van der Waals surface area contributed by atoms with Crippen LogP contribution in [-0.4, -0.2) is 21.3 Å². The standard InChI is InChI=1S/C19H19N3O/c1-14-8-10-17(12-15(14)2)22-19(18(13-23)20-21-22)11-9-16-6-4-3-5-7-16/h3-8,10,12-13H,9,11H2,1-2H3. The van der Waals surface area contributed by atoms with Gasteiger partial charge < -0.3 is 0 Å². The number of carbonyl (C=O) groups is 1. The molecule has 0 saturated heterocycles. The lowest BCUT2D eigenvalue weighted by Crippen LogP contribution is -2.06. The molecule has 0 radical (unpaired) electrons. The summed E-state index contributed by atoms with van der Waals surface area (Å²) in [7, 11) is 0. The summed E-state index contributed by atoms with van der Waals surface area (Å²) >= 11 is 0. The van der Waals surface area contributed by atoms with Crippen molar-refractivity contribution in [3.05, 3.63) is 76.6 Å². The Balaban J connectivity index is 1.93. The smallest absolute Gasteiger partial charge is 0.172 e. The fourth-order valence-electron chi connectivity index (χ4n) is 2.61. The van der Waals surface area contributed by atoms with Crippen LogP contribution in [0.3, 0.4) is 0 Å². The second-order valence-electron chi connectivity index (χ2n) is 5.71. The van der Waals surface area contributed by atoms with Gasteiger partial charge in [0.05, 0.1) is 11.4 Å². The van der Waals surface area contributed by atoms with Crippen molar-refractivity contribution < 1.29 is 4.79 Å². The fourth-order valence-corrected chi connectivity index (χ4v) is 2.61. The molecule has 3 aromatic rings. The zero-order valence-corrected chi connectivity index (χ0v) is 13.4. The maximum absolute atomic E-state index is 11.3. The largest absolute Gasteiger partial charge is 0.296 e. The molecule has 0 atom stereocenters. The Morgan fingerprint density at radius 2 is 1.78 bits per heavy atom. The molecule has 0 aliphatic carbocycles. The molecule has 3 rings (SSSR count). The van der Waals surface area contributed by atoms with Gasteiger partial charge in [-0.1, -0.05) is 41.6 Å². The monoisotopic (exact) mass is 305 g/mol. The predicted molar refractivity (Wildman–Crippen MR) is 90.1 cm³/mol. The first-order valence-corrected chi connectivity index (χ1v) is 7.70. The highest BCUT2D eigenvalue weighted by molar-refractivity contribution is 5.73. The molecule has 2 aromatic carbocycles. The van der Waals surface area contributed by atoms with Crippen LogP contribution in [-0.2, 0) is 12.8 Å². The van der Waals surface area contributed by atoms with Gasteiger partial charge in [0.2, 0.25) is 0 Å². The molecule has 0 N–H and O–H groups in total. The van der Waals surface area contributed by atoms with Crippen LogP contribution < -0.4 is 0 Å². The minimum absolute atomic E-state index is 0.416. The van der Waals surface area contributed by atoms with E-state index in [2.05, 4.69) is 48.4 Å². The lowest BCUT2D eigenvalue weighted by molar-refractivity contribution is 0.111. The maximum atomic E-state index is 11.3. The molecule has 4 heteroatoms. The third-order valence-electron chi connectivity index (χ3n) is 4.13. The molecule has 0 bridgehead atoms. The van der Waals surface area contributed by atoms with E-state index >= 15 is 0 Å². The van der Waals surface area contributed by atoms with E-state index in [1.165, 1.54) is 16.7 Å². The Morgan fingerprint density at radius 1 is 1.00 bits per heavy atom. The molecule has 0 amide bonds. The van der Waals surface area contributed by atoms with Gasteiger partial charge in [-0.15, -0.1) is 5.10 Å². The summed E-state index contributed by atoms with van der Waals surface area (Å²) in [5.74, 6) is 0. The van der Waals surface area contributed by atoms with Crippen LogP contribution in [0.5, 0.6) is 0 Å². The van der Waals surface area contributed by atoms with E-state index in [0.29, 0.717) is 5.69 Å². The highest BCUT2D eigenvalue weighted by Crippen LogP contribution is 2.18. The number of hydrogen-bond donors (Lipinski definition) is 0. The quantitative estimate of drug-likeness (QED) is 0.678. The van der Waals surface area contributed by atoms with Gasteiger partial charge in [0.1, 0.15) is 5.69 Å². The normalized spacial score (nSPS) is 10.7. The average Bonchev–Trinajstić information content (AvgIpc) is 2.99. The van der Waals surface area contributed by atoms with E-state index in [9.17, 15) is 4.79 Å². The molecule has 0 aliphatic heterocycles. The van der Waals surface area contributed by atoms with E-state index in [4.69, 9.17) is 0 Å². The zero-order chi connectivity index (χ0) is 16.2. The number of nitrogens with zero attached hydrogens (tertiary/aromatic N) is 3. The molecule has 0 aliphatic rings. The Labute approximate surface area is 135 Å². The van der Waals surface area contributed by atoms with Crippen LogP contribution in [0, 0.1) is 13.8 Å². The summed E-state index contributed by atoms with van der Waals surface area (Å²) in [6.45, 7) is 4.15. The first-order chi connectivity index (χ1) is 11.2. The van der Waals surface area contributed by atoms with E-state index in [1.807, 2.05) is 24.3 Å². The molecule has 0 spiro atoms. The van der Waals surface area contributed by atoms with E-state index < -0.39 is 0 Å². The molecular weight excluding hydrogens is 286 g/mol. The van der Waals surface area contributed by atoms with Gasteiger partial charge in [-0.05, 0) is 55.5 Å². The number of rotatable bonds is 5. The summed E-state index contributed by atoms with van der Waals surface area (Å²) in [6.07, 6.45) is 2.35. The van der Waals surface area contributed by atoms with Crippen LogP contribution in [0.25, 0.3) is 5.69 Å². The number of carbonyl (C=O) groups excluding carboxylic acids is 1. The van der Waals surface area contributed by atoms with Crippen molar-refractivity contribution in [2.45, 2.75) is 26.7 Å². The summed E-state index contributed by atoms with van der Waals surface area (Å²) in [5, 5.41) is 8.20. The van der Waals surface area contributed by atoms with Crippen molar-refractivity contribution >= 4 is 6.29 Å². The summed E-state index contributed by atoms with van der Waals surface area (Å²) in [4.78, 5) is 11.3. The predicted octanol–water partition coefficient (Wildman–Crippen LogP) is 3.48. The van der Waals surface area contributed by atoms with Gasteiger partial charge in [0.15, 0.2) is 6.29 Å². The number of aromatic nitrogens is 3. The summed E-state index contributed by atoms with van der Waals surface area (Å²) < 4.78 is 1.78. The van der Waals surface area contributed by atoms with Gasteiger partial charge >= 0.3 is 0 Å². The van der Waals surface area contributed by atoms with Gasteiger partial charge in [-0.2, -0.15) is 0 Å². The Kier molecular flexibility index (Phi) is 4.33. The van der Waals surface area contributed by atoms with Crippen LogP contribution in [0.15, 0.2) is 48.5 Å². The SMILES string of the molecule is Cc1ccc(-n2nnc(C=O)c2CCc2ccccc2)cc1C. The third kappa shape index (κ3) is 3.21. The lowest BCUT2D eigenvalue weighted by Gasteiger charge is -2.09. The number of hydrogen-bond acceptors (Lipinski definition) is 3. The molecule has 0 fully saturated rings. The number of benzene rings is 2. The van der Waals surface area contributed by atoms with Crippen LogP contribution in [0.1, 0.15) is 32.9 Å². The van der Waals surface area contributed by atoms with Gasteiger partial charge in [0.25, 0.3) is 0 Å². The third-order valence-corrected chi connectivity index (χ3v) is 4.13. The molecule has 1 heterocycles. The molecule has 116 valence electrons. The Bertz CT molecular complexity index is 822. The molecule has 0 saturated carbocycles. The Hall–Kier alpha value is -2.75. The first-order valence-electron chi connectivity index (χ1n) is 7.70. The topological polar surface area (TPSA) is 47.8 Å². The van der Waals surface area contributed by atoms with E-state index in [-0.39, 0.29) is 0 Å². The lowest BCUT2D eigenvalue weighted by atomic mass is 10.1. The fraction of sp³-hybridized carbons (Fsp3) is 0.211. The van der Waals surface area contributed by atoms with E-state index in [0.717, 1.165) is 30.5 Å². The van der Waals surface area contributed by atoms with Crippen molar-refractivity contribution in [3.63, 3.8) is 0 Å². The van der Waals surface area contributed by atoms with Crippen LogP contribution in [0.4, 0.5) is 0 Å². The summed E-state index contributed by atoms with van der Waals surface area (Å²) in [5.41, 5.74) is 5.87. The number of aryl methyl sites for hydroxylation is 3. The zero-order valence-electron chi connectivity index (χ0n) is 13.4. The first kappa shape index (κ1) is 15.2. The van der Waals surface area contributed by atoms with Crippen LogP contribution >= 0.6 is 0 Å². The second-order valence-corrected chi connectivity index (χ2v) is 5.71. The maximum Gasteiger partial charge on any atom is 0.172 e. The van der Waals surface area contributed by atoms with Gasteiger partial charge in [0, 0.05) is 0 Å². The second kappa shape index (κ2) is 6.57. The molecule has 0 unspecified atom stereocenters. The highest BCUT2D eigenvalue weighted by atomic mass is 16.1. The number of aldehydes is 1. The van der Waals surface area contributed by atoms with Crippen molar-refractivity contribution in [1.82, 2.24) is 15.0 Å². The minimum atomic E-state index is 0.416. The van der Waals surface area contributed by atoms with Crippen molar-refractivity contribution in [2.24, 2.45) is 0 Å². The molecule has 1 aromatic heterocycles. The van der Waals surface area contributed by atoms with Gasteiger partial charge in [-0.3, -0.25) is 4.79 Å². The van der Waals surface area contributed by atoms with Crippen molar-refractivity contribution in [3.8, 4) is 5.69 Å². The van der Waals surface area contributed by atoms with E-state index in [1.54, 1.807) is 4.68 Å². The van der Waals surface area contributed by atoms with Crippen molar-refractivity contribution in [1.29, 1.82) is 0 Å². The molecule has 23 heavy (non-hydrogen) atoms. The van der Waals surface area contributed by atoms with Crippen molar-refractivity contribution in [2.75, 3.05) is 0 Å². The van der Waals surface area contributed by atoms with Gasteiger partial charge in [-0.25, -0.2) is 4.68 Å². The highest BCUT2D eigenvalue weighted by Gasteiger charge is 2.14. The molecular formula is C19H19N3O. The summed E-state index contributed by atoms with van der Waals surface area (Å²) in [6, 6.07) is 16.4. The minimum Gasteiger partial charge on any atom is -0.296 e. The Morgan fingerprint density at radius 3 is 2.48 bits per heavy atom. The molecule has 4 nitrogen and oxygen atoms in total.